The Kier molecular flexibility index (Phi) is 6.48. The summed E-state index contributed by atoms with van der Waals surface area (Å²) in [5.74, 6) is -0.0649. The average molecular weight is 425 g/mol. The van der Waals surface area contributed by atoms with Gasteiger partial charge in [0.05, 0.1) is 13.0 Å². The van der Waals surface area contributed by atoms with Gasteiger partial charge in [-0.1, -0.05) is 37.6 Å². The maximum Gasteiger partial charge on any atom is 0.330 e. The second kappa shape index (κ2) is 9.07. The van der Waals surface area contributed by atoms with Gasteiger partial charge in [0.25, 0.3) is 5.56 Å². The molecule has 1 aromatic heterocycles. The fourth-order valence-electron chi connectivity index (χ4n) is 3.62. The van der Waals surface area contributed by atoms with Crippen LogP contribution in [0.3, 0.4) is 0 Å². The number of H-pyrrole nitrogens is 1. The molecule has 0 fully saturated rings. The van der Waals surface area contributed by atoms with Crippen LogP contribution in [0, 0.1) is 0 Å². The molecule has 0 aliphatic carbocycles. The highest BCUT2D eigenvalue weighted by atomic mass is 16.5. The number of anilines is 2. The predicted octanol–water partition coefficient (Wildman–Crippen LogP) is 2.85. The molecule has 3 aromatic rings. The lowest BCUT2D eigenvalue weighted by molar-refractivity contribution is -0.119. The Labute approximate surface area is 180 Å². The average Bonchev–Trinajstić information content (AvgIpc) is 2.76. The Morgan fingerprint density at radius 1 is 1.19 bits per heavy atom. The van der Waals surface area contributed by atoms with Crippen LogP contribution in [0.2, 0.25) is 0 Å². The number of nitrogens with one attached hydrogen (secondary N) is 1. The van der Waals surface area contributed by atoms with E-state index >= 15 is 0 Å². The van der Waals surface area contributed by atoms with E-state index in [0.29, 0.717) is 6.54 Å². The molecule has 0 saturated heterocycles. The first kappa shape index (κ1) is 22.1. The molecule has 0 radical (unpaired) electrons. The van der Waals surface area contributed by atoms with Crippen molar-refractivity contribution in [1.82, 2.24) is 9.55 Å². The van der Waals surface area contributed by atoms with Crippen molar-refractivity contribution >= 4 is 28.2 Å². The lowest BCUT2D eigenvalue weighted by Gasteiger charge is -2.23. The number of aromatic amines is 1. The number of ether oxygens (including phenoxy) is 1. The maximum atomic E-state index is 13.2. The summed E-state index contributed by atoms with van der Waals surface area (Å²) in [5, 5.41) is 1.98. The van der Waals surface area contributed by atoms with E-state index in [9.17, 15) is 14.4 Å². The van der Waals surface area contributed by atoms with Crippen LogP contribution in [0.25, 0.3) is 10.8 Å². The van der Waals surface area contributed by atoms with Gasteiger partial charge in [-0.2, -0.15) is 0 Å². The highest BCUT2D eigenvalue weighted by Crippen LogP contribution is 2.27. The molecule has 1 amide bonds. The topological polar surface area (TPSA) is 110 Å². The van der Waals surface area contributed by atoms with E-state index in [1.807, 2.05) is 43.3 Å². The highest BCUT2D eigenvalue weighted by molar-refractivity contribution is 5.99. The number of carbonyl (C=O) groups is 1. The number of aromatic nitrogens is 2. The molecule has 0 aliphatic rings. The smallest absolute Gasteiger partial charge is 0.330 e. The summed E-state index contributed by atoms with van der Waals surface area (Å²) in [6, 6.07) is 11.5. The minimum atomic E-state index is -0.677. The molecule has 0 bridgehead atoms. The summed E-state index contributed by atoms with van der Waals surface area (Å²) in [5.41, 5.74) is 5.69. The van der Waals surface area contributed by atoms with E-state index in [1.165, 1.54) is 16.5 Å². The normalized spacial score (nSPS) is 12.0. The summed E-state index contributed by atoms with van der Waals surface area (Å²) in [6.45, 7) is 4.14. The number of hydrogen-bond acceptors (Lipinski definition) is 5. The minimum Gasteiger partial charge on any atom is -0.497 e. The largest absolute Gasteiger partial charge is 0.497 e. The third kappa shape index (κ3) is 4.33. The molecule has 8 nitrogen and oxygen atoms in total. The minimum absolute atomic E-state index is 0.00384. The predicted molar refractivity (Wildman–Crippen MR) is 123 cm³/mol. The summed E-state index contributed by atoms with van der Waals surface area (Å²) < 4.78 is 6.56. The standard InChI is InChI=1S/C23H28N4O4/c1-5-6-11-27-20(24)19(21(28)25-23(27)30)26(3)22(29)14(2)15-7-8-17-13-18(31-4)10-9-16(17)12-15/h7-10,12-14H,5-6,11,24H2,1-4H3,(H,25,28,30)/t14-/m0/s1. The molecule has 164 valence electrons. The number of likely N-dealkylation sites (N-methyl/N-ethyl adjacent to an activating group) is 1. The van der Waals surface area contributed by atoms with Gasteiger partial charge < -0.3 is 15.4 Å². The first-order valence-corrected chi connectivity index (χ1v) is 10.3. The van der Waals surface area contributed by atoms with Gasteiger partial charge in [0, 0.05) is 13.6 Å². The van der Waals surface area contributed by atoms with Crippen LogP contribution in [0.4, 0.5) is 11.5 Å². The number of benzene rings is 2. The SMILES string of the molecule is CCCCn1c(N)c(N(C)C(=O)[C@@H](C)c2ccc3cc(OC)ccc3c2)c(=O)[nH]c1=O. The van der Waals surface area contributed by atoms with Crippen LogP contribution >= 0.6 is 0 Å². The van der Waals surface area contributed by atoms with E-state index in [2.05, 4.69) is 4.98 Å². The zero-order valence-electron chi connectivity index (χ0n) is 18.3. The van der Waals surface area contributed by atoms with Crippen molar-refractivity contribution in [3.63, 3.8) is 0 Å². The van der Waals surface area contributed by atoms with Gasteiger partial charge in [-0.3, -0.25) is 19.1 Å². The van der Waals surface area contributed by atoms with Crippen molar-refractivity contribution in [2.45, 2.75) is 39.2 Å². The van der Waals surface area contributed by atoms with Gasteiger partial charge in [-0.25, -0.2) is 4.79 Å². The van der Waals surface area contributed by atoms with E-state index in [4.69, 9.17) is 10.5 Å². The third-order valence-corrected chi connectivity index (χ3v) is 5.56. The fourth-order valence-corrected chi connectivity index (χ4v) is 3.62. The van der Waals surface area contributed by atoms with Gasteiger partial charge in [-0.05, 0) is 41.8 Å². The van der Waals surface area contributed by atoms with Crippen LogP contribution in [-0.4, -0.2) is 29.6 Å². The molecule has 3 rings (SSSR count). The number of unbranched alkanes of at least 4 members (excludes halogenated alkanes) is 1. The number of nitrogen functional groups attached to an aromatic ring is 1. The number of nitrogens with two attached hydrogens (primary N) is 1. The quantitative estimate of drug-likeness (QED) is 0.606. The number of amides is 1. The molecule has 31 heavy (non-hydrogen) atoms. The van der Waals surface area contributed by atoms with Gasteiger partial charge in [-0.15, -0.1) is 0 Å². The van der Waals surface area contributed by atoms with E-state index in [1.54, 1.807) is 14.0 Å². The maximum absolute atomic E-state index is 13.2. The Morgan fingerprint density at radius 2 is 1.87 bits per heavy atom. The van der Waals surface area contributed by atoms with Crippen molar-refractivity contribution in [3.05, 3.63) is 62.8 Å². The van der Waals surface area contributed by atoms with Crippen molar-refractivity contribution < 1.29 is 9.53 Å². The number of methoxy groups -OCH3 is 1. The van der Waals surface area contributed by atoms with E-state index in [0.717, 1.165) is 34.9 Å². The molecule has 8 heteroatoms. The second-order valence-electron chi connectivity index (χ2n) is 7.59. The van der Waals surface area contributed by atoms with E-state index in [-0.39, 0.29) is 17.4 Å². The van der Waals surface area contributed by atoms with Crippen LogP contribution in [-0.2, 0) is 11.3 Å². The fraction of sp³-hybridized carbons (Fsp3) is 0.348. The molecule has 3 N–H and O–H groups in total. The van der Waals surface area contributed by atoms with Gasteiger partial charge in [0.1, 0.15) is 11.6 Å². The monoisotopic (exact) mass is 424 g/mol. The van der Waals surface area contributed by atoms with E-state index < -0.39 is 17.2 Å². The lowest BCUT2D eigenvalue weighted by Crippen LogP contribution is -2.40. The number of nitrogens with zero attached hydrogens (tertiary/aromatic N) is 2. The molecule has 1 heterocycles. The number of hydrogen-bond donors (Lipinski definition) is 2. The summed E-state index contributed by atoms with van der Waals surface area (Å²) in [4.78, 5) is 41.3. The molecule has 0 unspecified atom stereocenters. The number of rotatable bonds is 7. The van der Waals surface area contributed by atoms with Crippen LogP contribution in [0.1, 0.15) is 38.2 Å². The first-order valence-electron chi connectivity index (χ1n) is 10.3. The van der Waals surface area contributed by atoms with Gasteiger partial charge in [0.15, 0.2) is 5.69 Å². The van der Waals surface area contributed by atoms with Crippen molar-refractivity contribution in [3.8, 4) is 5.75 Å². The zero-order chi connectivity index (χ0) is 22.7. The Bertz CT molecular complexity index is 1230. The molecule has 0 aliphatic heterocycles. The summed E-state index contributed by atoms with van der Waals surface area (Å²) in [6.07, 6.45) is 1.59. The first-order chi connectivity index (χ1) is 14.8. The Balaban J connectivity index is 1.94. The Morgan fingerprint density at radius 3 is 2.55 bits per heavy atom. The molecular formula is C23H28N4O4. The van der Waals surface area contributed by atoms with Crippen molar-refractivity contribution in [1.29, 1.82) is 0 Å². The van der Waals surface area contributed by atoms with Crippen molar-refractivity contribution in [2.75, 3.05) is 24.8 Å². The third-order valence-electron chi connectivity index (χ3n) is 5.56. The number of fused-ring (bicyclic) bond motifs is 1. The van der Waals surface area contributed by atoms with Gasteiger partial charge in [0.2, 0.25) is 5.91 Å². The van der Waals surface area contributed by atoms with Crippen LogP contribution in [0.15, 0.2) is 46.0 Å². The lowest BCUT2D eigenvalue weighted by atomic mass is 9.96. The summed E-state index contributed by atoms with van der Waals surface area (Å²) in [7, 11) is 3.12. The molecular weight excluding hydrogens is 396 g/mol. The van der Waals surface area contributed by atoms with Crippen LogP contribution in [0.5, 0.6) is 5.75 Å². The van der Waals surface area contributed by atoms with Gasteiger partial charge >= 0.3 is 5.69 Å². The Hall–Kier alpha value is -3.55. The molecule has 0 spiro atoms. The molecule has 0 saturated carbocycles. The second-order valence-corrected chi connectivity index (χ2v) is 7.59. The molecule has 2 aromatic carbocycles. The van der Waals surface area contributed by atoms with Crippen LogP contribution < -0.4 is 26.6 Å². The molecule has 1 atom stereocenters. The van der Waals surface area contributed by atoms with Crippen molar-refractivity contribution in [2.24, 2.45) is 0 Å². The zero-order valence-corrected chi connectivity index (χ0v) is 18.3. The number of carbonyl (C=O) groups excluding carboxylic acids is 1. The summed E-state index contributed by atoms with van der Waals surface area (Å²) >= 11 is 0. The highest BCUT2D eigenvalue weighted by Gasteiger charge is 2.25.